The second-order valence-electron chi connectivity index (χ2n) is 7.84. The highest BCUT2D eigenvalue weighted by Gasteiger charge is 2.28. The normalized spacial score (nSPS) is 19.1. The third-order valence-corrected chi connectivity index (χ3v) is 5.14. The van der Waals surface area contributed by atoms with Gasteiger partial charge in [0.25, 0.3) is 0 Å². The number of carbonyl (C=O) groups excluding carboxylic acids is 1. The first kappa shape index (κ1) is 21.4. The van der Waals surface area contributed by atoms with Crippen LogP contribution in [-0.2, 0) is 16.1 Å². The molecule has 0 spiro atoms. The molecule has 1 saturated heterocycles. The molecule has 1 atom stereocenters. The zero-order valence-corrected chi connectivity index (χ0v) is 17.6. The molecule has 1 aliphatic heterocycles. The van der Waals surface area contributed by atoms with Crippen molar-refractivity contribution in [2.75, 3.05) is 39.5 Å². The zero-order chi connectivity index (χ0) is 20.5. The maximum absolute atomic E-state index is 11.7. The summed E-state index contributed by atoms with van der Waals surface area (Å²) in [5, 5.41) is 9.49. The average Bonchev–Trinajstić information content (AvgIpc) is 3.44. The largest absolute Gasteiger partial charge is 0.493 e. The fourth-order valence-corrected chi connectivity index (χ4v) is 3.21. The van der Waals surface area contributed by atoms with Gasteiger partial charge in [0.05, 0.1) is 19.8 Å². The van der Waals surface area contributed by atoms with E-state index in [0.29, 0.717) is 32.2 Å². The molecule has 1 heterocycles. The van der Waals surface area contributed by atoms with Gasteiger partial charge in [0, 0.05) is 43.6 Å². The smallest absolute Gasteiger partial charge is 0.223 e. The summed E-state index contributed by atoms with van der Waals surface area (Å²) in [6, 6.07) is 6.25. The second-order valence-corrected chi connectivity index (χ2v) is 7.84. The van der Waals surface area contributed by atoms with Gasteiger partial charge < -0.3 is 25.4 Å². The maximum atomic E-state index is 11.7. The predicted octanol–water partition coefficient (Wildman–Crippen LogP) is 1.99. The fourth-order valence-electron chi connectivity index (χ4n) is 3.21. The van der Waals surface area contributed by atoms with Crippen molar-refractivity contribution in [3.8, 4) is 5.75 Å². The number of amides is 1. The van der Waals surface area contributed by atoms with Crippen LogP contribution in [0.25, 0.3) is 0 Å². The van der Waals surface area contributed by atoms with Crippen molar-refractivity contribution in [3.63, 3.8) is 0 Å². The van der Waals surface area contributed by atoms with Gasteiger partial charge in [0.1, 0.15) is 5.75 Å². The van der Waals surface area contributed by atoms with Gasteiger partial charge in [-0.3, -0.25) is 4.79 Å². The highest BCUT2D eigenvalue weighted by Crippen LogP contribution is 2.28. The molecule has 7 nitrogen and oxygen atoms in total. The van der Waals surface area contributed by atoms with Crippen LogP contribution in [0.3, 0.4) is 0 Å². The van der Waals surface area contributed by atoms with Gasteiger partial charge in [0.2, 0.25) is 5.91 Å². The summed E-state index contributed by atoms with van der Waals surface area (Å²) in [7, 11) is 0. The van der Waals surface area contributed by atoms with Gasteiger partial charge in [-0.1, -0.05) is 12.1 Å². The van der Waals surface area contributed by atoms with Gasteiger partial charge in [-0.05, 0) is 44.7 Å². The van der Waals surface area contributed by atoms with Crippen LogP contribution >= 0.6 is 0 Å². The van der Waals surface area contributed by atoms with E-state index in [1.165, 1.54) is 5.56 Å². The van der Waals surface area contributed by atoms with Crippen LogP contribution in [-0.4, -0.2) is 51.3 Å². The van der Waals surface area contributed by atoms with Crippen LogP contribution in [0.5, 0.6) is 5.75 Å². The van der Waals surface area contributed by atoms with Crippen LogP contribution < -0.4 is 20.7 Å². The van der Waals surface area contributed by atoms with Crippen molar-refractivity contribution in [1.82, 2.24) is 16.0 Å². The predicted molar refractivity (Wildman–Crippen MR) is 114 cm³/mol. The molecule has 0 aromatic heterocycles. The number of nitrogens with one attached hydrogen (secondary N) is 3. The van der Waals surface area contributed by atoms with Crippen molar-refractivity contribution >= 4 is 11.9 Å². The first-order valence-corrected chi connectivity index (χ1v) is 10.8. The summed E-state index contributed by atoms with van der Waals surface area (Å²) in [5.74, 6) is 2.52. The summed E-state index contributed by atoms with van der Waals surface area (Å²) in [5.41, 5.74) is 2.24. The molecule has 29 heavy (non-hydrogen) atoms. The van der Waals surface area contributed by atoms with E-state index in [0.717, 1.165) is 56.3 Å². The summed E-state index contributed by atoms with van der Waals surface area (Å²) in [6.07, 6.45) is 3.11. The monoisotopic (exact) mass is 402 g/mol. The number of guanidine groups is 1. The van der Waals surface area contributed by atoms with E-state index < -0.39 is 0 Å². The number of nitrogens with zero attached hydrogens (tertiary/aromatic N) is 1. The van der Waals surface area contributed by atoms with Gasteiger partial charge in [0.15, 0.2) is 5.96 Å². The molecule has 1 aromatic rings. The summed E-state index contributed by atoms with van der Waals surface area (Å²) < 4.78 is 11.5. The molecule has 3 N–H and O–H groups in total. The molecule has 2 aliphatic rings. The van der Waals surface area contributed by atoms with Crippen molar-refractivity contribution < 1.29 is 14.3 Å². The van der Waals surface area contributed by atoms with Crippen molar-refractivity contribution in [2.45, 2.75) is 39.7 Å². The molecule has 1 aliphatic carbocycles. The van der Waals surface area contributed by atoms with E-state index in [-0.39, 0.29) is 11.8 Å². The molecule has 1 amide bonds. The highest BCUT2D eigenvalue weighted by molar-refractivity contribution is 5.81. The van der Waals surface area contributed by atoms with E-state index in [1.807, 2.05) is 6.92 Å². The Morgan fingerprint density at radius 2 is 2.03 bits per heavy atom. The molecule has 0 bridgehead atoms. The first-order chi connectivity index (χ1) is 14.2. The molecule has 1 aromatic carbocycles. The Morgan fingerprint density at radius 1 is 1.21 bits per heavy atom. The Morgan fingerprint density at radius 3 is 2.76 bits per heavy atom. The van der Waals surface area contributed by atoms with E-state index >= 15 is 0 Å². The Kier molecular flexibility index (Phi) is 8.16. The molecular weight excluding hydrogens is 368 g/mol. The van der Waals surface area contributed by atoms with E-state index in [2.05, 4.69) is 41.1 Å². The zero-order valence-electron chi connectivity index (χ0n) is 17.6. The third-order valence-electron chi connectivity index (χ3n) is 5.14. The fraction of sp³-hybridized carbons (Fsp3) is 0.636. The number of aryl methyl sites for hydroxylation is 1. The summed E-state index contributed by atoms with van der Waals surface area (Å²) in [4.78, 5) is 16.4. The van der Waals surface area contributed by atoms with E-state index in [9.17, 15) is 4.79 Å². The number of hydrogen-bond donors (Lipinski definition) is 3. The van der Waals surface area contributed by atoms with Gasteiger partial charge in [-0.2, -0.15) is 0 Å². The van der Waals surface area contributed by atoms with E-state index in [1.54, 1.807) is 0 Å². The number of aliphatic imine (C=N–C) groups is 1. The average molecular weight is 403 g/mol. The number of benzene rings is 1. The highest BCUT2D eigenvalue weighted by atomic mass is 16.5. The Labute approximate surface area is 173 Å². The maximum Gasteiger partial charge on any atom is 0.223 e. The minimum atomic E-state index is 0.169. The van der Waals surface area contributed by atoms with E-state index in [4.69, 9.17) is 14.5 Å². The van der Waals surface area contributed by atoms with Crippen LogP contribution in [0, 0.1) is 18.8 Å². The molecule has 3 rings (SSSR count). The van der Waals surface area contributed by atoms with Crippen molar-refractivity contribution in [2.24, 2.45) is 16.8 Å². The molecule has 0 radical (unpaired) electrons. The number of rotatable bonds is 10. The number of ether oxygens (including phenoxy) is 2. The minimum absolute atomic E-state index is 0.169. The molecule has 160 valence electrons. The number of hydrogen-bond acceptors (Lipinski definition) is 4. The quantitative estimate of drug-likeness (QED) is 0.317. The third kappa shape index (κ3) is 7.24. The molecule has 1 unspecified atom stereocenters. The SMILES string of the molecule is CCNC(=NCc1ccc(C)cc1OCC1CCOC1)NCCNC(=O)C1CC1. The Bertz CT molecular complexity index is 697. The lowest BCUT2D eigenvalue weighted by Crippen LogP contribution is -2.41. The topological polar surface area (TPSA) is 84.0 Å². The van der Waals surface area contributed by atoms with Gasteiger partial charge in [-0.25, -0.2) is 4.99 Å². The standard InChI is InChI=1S/C22H34N4O3/c1-3-23-22(25-10-9-24-21(27)18-6-7-18)26-13-19-5-4-16(2)12-20(19)29-15-17-8-11-28-14-17/h4-5,12,17-18H,3,6-11,13-15H2,1-2H3,(H,24,27)(H2,23,25,26). The number of carbonyl (C=O) groups is 1. The van der Waals surface area contributed by atoms with Crippen molar-refractivity contribution in [1.29, 1.82) is 0 Å². The first-order valence-electron chi connectivity index (χ1n) is 10.8. The Balaban J connectivity index is 1.52. The molecular formula is C22H34N4O3. The molecule has 1 saturated carbocycles. The molecule has 7 heteroatoms. The molecule has 2 fully saturated rings. The second kappa shape index (κ2) is 11.0. The van der Waals surface area contributed by atoms with Crippen LogP contribution in [0.15, 0.2) is 23.2 Å². The van der Waals surface area contributed by atoms with Crippen LogP contribution in [0.1, 0.15) is 37.3 Å². The Hall–Kier alpha value is -2.28. The van der Waals surface area contributed by atoms with Crippen LogP contribution in [0.4, 0.5) is 0 Å². The lowest BCUT2D eigenvalue weighted by atomic mass is 10.1. The summed E-state index contributed by atoms with van der Waals surface area (Å²) in [6.45, 7) is 8.95. The van der Waals surface area contributed by atoms with Gasteiger partial charge >= 0.3 is 0 Å². The van der Waals surface area contributed by atoms with Gasteiger partial charge in [-0.15, -0.1) is 0 Å². The minimum Gasteiger partial charge on any atom is -0.493 e. The summed E-state index contributed by atoms with van der Waals surface area (Å²) >= 11 is 0. The lowest BCUT2D eigenvalue weighted by molar-refractivity contribution is -0.122. The van der Waals surface area contributed by atoms with Crippen LogP contribution in [0.2, 0.25) is 0 Å². The lowest BCUT2D eigenvalue weighted by Gasteiger charge is -2.15. The van der Waals surface area contributed by atoms with Crippen molar-refractivity contribution in [3.05, 3.63) is 29.3 Å².